The molecule has 0 aliphatic carbocycles. The van der Waals surface area contributed by atoms with Crippen LogP contribution in [0.5, 0.6) is 0 Å². The molecule has 168 valence electrons. The number of benzene rings is 3. The van der Waals surface area contributed by atoms with Crippen LogP contribution in [0.1, 0.15) is 21.5 Å². The van der Waals surface area contributed by atoms with Crippen molar-refractivity contribution < 1.29 is 26.4 Å². The zero-order valence-corrected chi connectivity index (χ0v) is 18.3. The van der Waals surface area contributed by atoms with Gasteiger partial charge in [0, 0.05) is 16.3 Å². The molecule has 3 rings (SSSR count). The van der Waals surface area contributed by atoms with Gasteiger partial charge in [0.05, 0.1) is 24.1 Å². The monoisotopic (exact) mass is 482 g/mol. The lowest BCUT2D eigenvalue weighted by molar-refractivity contribution is -0.137. The summed E-state index contributed by atoms with van der Waals surface area (Å²) in [5.74, 6) is -0.508. The van der Waals surface area contributed by atoms with Gasteiger partial charge in [0.25, 0.3) is 5.91 Å². The minimum atomic E-state index is -4.46. The number of hydrogen-bond donors (Lipinski definition) is 1. The van der Waals surface area contributed by atoms with Gasteiger partial charge in [-0.15, -0.1) is 0 Å². The molecule has 0 unspecified atom stereocenters. The summed E-state index contributed by atoms with van der Waals surface area (Å²) in [4.78, 5) is 12.4. The first-order valence-electron chi connectivity index (χ1n) is 9.24. The first kappa shape index (κ1) is 23.6. The summed E-state index contributed by atoms with van der Waals surface area (Å²) in [6, 6.07) is 16.8. The highest BCUT2D eigenvalue weighted by Crippen LogP contribution is 2.30. The normalized spacial score (nSPS) is 11.8. The Kier molecular flexibility index (Phi) is 6.80. The first-order valence-corrected chi connectivity index (χ1v) is 11.5. The van der Waals surface area contributed by atoms with Crippen molar-refractivity contribution >= 4 is 38.9 Å². The second-order valence-electron chi connectivity index (χ2n) is 6.98. The third kappa shape index (κ3) is 6.02. The van der Waals surface area contributed by atoms with Gasteiger partial charge < -0.3 is 5.32 Å². The molecule has 0 aliphatic rings. The molecule has 3 aromatic carbocycles. The average Bonchev–Trinajstić information content (AvgIpc) is 2.71. The van der Waals surface area contributed by atoms with Crippen LogP contribution in [0.25, 0.3) is 0 Å². The highest BCUT2D eigenvalue weighted by atomic mass is 35.5. The summed E-state index contributed by atoms with van der Waals surface area (Å²) < 4.78 is 63.6. The van der Waals surface area contributed by atoms with Crippen LogP contribution in [-0.2, 0) is 22.7 Å². The minimum Gasteiger partial charge on any atom is -0.322 e. The molecule has 1 N–H and O–H groups in total. The van der Waals surface area contributed by atoms with Crippen LogP contribution in [0.3, 0.4) is 0 Å². The Labute approximate surface area is 188 Å². The van der Waals surface area contributed by atoms with Crippen LogP contribution < -0.4 is 9.62 Å². The number of amides is 1. The molecule has 0 aromatic heterocycles. The number of nitrogens with one attached hydrogen (secondary N) is 1. The number of rotatable bonds is 6. The van der Waals surface area contributed by atoms with Crippen LogP contribution in [0, 0.1) is 0 Å². The molecule has 0 spiro atoms. The molecule has 5 nitrogen and oxygen atoms in total. The molecule has 0 radical (unpaired) electrons. The SMILES string of the molecule is CS(=O)(=O)N(Cc1ccc(C(=O)Nc2ccc(C(F)(F)F)cc2)cc1)c1cccc(Cl)c1. The predicted molar refractivity (Wildman–Crippen MR) is 118 cm³/mol. The van der Waals surface area contributed by atoms with Gasteiger partial charge in [0.1, 0.15) is 0 Å². The van der Waals surface area contributed by atoms with Crippen LogP contribution in [0.4, 0.5) is 24.5 Å². The summed E-state index contributed by atoms with van der Waals surface area (Å²) in [5.41, 5.74) is 0.708. The van der Waals surface area contributed by atoms with Gasteiger partial charge in [-0.05, 0) is 60.2 Å². The van der Waals surface area contributed by atoms with Crippen molar-refractivity contribution in [1.29, 1.82) is 0 Å². The third-order valence-electron chi connectivity index (χ3n) is 4.51. The van der Waals surface area contributed by atoms with Crippen LogP contribution in [0.15, 0.2) is 72.8 Å². The zero-order chi connectivity index (χ0) is 23.5. The van der Waals surface area contributed by atoms with E-state index in [1.165, 1.54) is 34.6 Å². The summed E-state index contributed by atoms with van der Waals surface area (Å²) >= 11 is 5.97. The Bertz CT molecular complexity index is 1210. The highest BCUT2D eigenvalue weighted by Gasteiger charge is 2.30. The van der Waals surface area contributed by atoms with E-state index in [0.29, 0.717) is 16.3 Å². The standard InChI is InChI=1S/C22H18ClF3N2O3S/c1-32(30,31)28(20-4-2-3-18(23)13-20)14-15-5-7-16(8-6-15)21(29)27-19-11-9-17(10-12-19)22(24,25)26/h2-13H,14H2,1H3,(H,27,29). The maximum Gasteiger partial charge on any atom is 0.416 e. The molecule has 3 aromatic rings. The van der Waals surface area contributed by atoms with Crippen LogP contribution in [-0.4, -0.2) is 20.6 Å². The van der Waals surface area contributed by atoms with Crippen molar-refractivity contribution in [2.45, 2.75) is 12.7 Å². The molecular weight excluding hydrogens is 465 g/mol. The summed E-state index contributed by atoms with van der Waals surface area (Å²) in [6.07, 6.45) is -3.37. The molecule has 0 atom stereocenters. The van der Waals surface area contributed by atoms with Crippen molar-refractivity contribution in [3.05, 3.63) is 94.5 Å². The lowest BCUT2D eigenvalue weighted by Gasteiger charge is -2.22. The van der Waals surface area contributed by atoms with E-state index in [1.54, 1.807) is 30.3 Å². The van der Waals surface area contributed by atoms with E-state index in [9.17, 15) is 26.4 Å². The Morgan fingerprint density at radius 3 is 2.16 bits per heavy atom. The van der Waals surface area contributed by atoms with E-state index < -0.39 is 27.7 Å². The number of nitrogens with zero attached hydrogens (tertiary/aromatic N) is 1. The van der Waals surface area contributed by atoms with Gasteiger partial charge in [-0.1, -0.05) is 29.8 Å². The van der Waals surface area contributed by atoms with E-state index in [4.69, 9.17) is 11.6 Å². The second-order valence-corrected chi connectivity index (χ2v) is 9.32. The Morgan fingerprint density at radius 1 is 1.00 bits per heavy atom. The smallest absolute Gasteiger partial charge is 0.322 e. The lowest BCUT2D eigenvalue weighted by Crippen LogP contribution is -2.29. The Morgan fingerprint density at radius 2 is 1.62 bits per heavy atom. The molecule has 1 amide bonds. The van der Waals surface area contributed by atoms with E-state index in [1.807, 2.05) is 0 Å². The number of anilines is 2. The Hall–Kier alpha value is -3.04. The fourth-order valence-corrected chi connectivity index (χ4v) is 3.97. The zero-order valence-electron chi connectivity index (χ0n) is 16.7. The van der Waals surface area contributed by atoms with Crippen molar-refractivity contribution in [3.63, 3.8) is 0 Å². The van der Waals surface area contributed by atoms with Gasteiger partial charge >= 0.3 is 6.18 Å². The molecule has 0 bridgehead atoms. The molecule has 32 heavy (non-hydrogen) atoms. The third-order valence-corrected chi connectivity index (χ3v) is 5.88. The van der Waals surface area contributed by atoms with E-state index >= 15 is 0 Å². The fraction of sp³-hybridized carbons (Fsp3) is 0.136. The summed E-state index contributed by atoms with van der Waals surface area (Å²) in [7, 11) is -3.60. The molecule has 0 fully saturated rings. The number of carbonyl (C=O) groups excluding carboxylic acids is 1. The maximum absolute atomic E-state index is 12.6. The largest absolute Gasteiger partial charge is 0.416 e. The van der Waals surface area contributed by atoms with Crippen molar-refractivity contribution in [3.8, 4) is 0 Å². The van der Waals surface area contributed by atoms with E-state index in [-0.39, 0.29) is 17.8 Å². The molecule has 0 saturated heterocycles. The number of halogens is 4. The van der Waals surface area contributed by atoms with Gasteiger partial charge in [0.15, 0.2) is 0 Å². The number of sulfonamides is 1. The lowest BCUT2D eigenvalue weighted by atomic mass is 10.1. The average molecular weight is 483 g/mol. The molecule has 0 saturated carbocycles. The Balaban J connectivity index is 1.73. The van der Waals surface area contributed by atoms with E-state index in [2.05, 4.69) is 5.32 Å². The van der Waals surface area contributed by atoms with Gasteiger partial charge in [-0.2, -0.15) is 13.2 Å². The molecular formula is C22H18ClF3N2O3S. The first-order chi connectivity index (χ1) is 14.9. The molecule has 0 heterocycles. The van der Waals surface area contributed by atoms with Gasteiger partial charge in [-0.3, -0.25) is 9.10 Å². The number of carbonyl (C=O) groups is 1. The van der Waals surface area contributed by atoms with Crippen molar-refractivity contribution in [2.24, 2.45) is 0 Å². The van der Waals surface area contributed by atoms with E-state index in [0.717, 1.165) is 18.4 Å². The topological polar surface area (TPSA) is 66.5 Å². The molecule has 0 aliphatic heterocycles. The maximum atomic E-state index is 12.6. The highest BCUT2D eigenvalue weighted by molar-refractivity contribution is 7.92. The number of hydrogen-bond acceptors (Lipinski definition) is 3. The number of alkyl halides is 3. The minimum absolute atomic E-state index is 0.0278. The second kappa shape index (κ2) is 9.22. The summed E-state index contributed by atoms with van der Waals surface area (Å²) in [6.45, 7) is 0.0278. The van der Waals surface area contributed by atoms with Crippen LogP contribution >= 0.6 is 11.6 Å². The van der Waals surface area contributed by atoms with Gasteiger partial charge in [0.2, 0.25) is 10.0 Å². The van der Waals surface area contributed by atoms with Crippen molar-refractivity contribution in [1.82, 2.24) is 0 Å². The van der Waals surface area contributed by atoms with Crippen molar-refractivity contribution in [2.75, 3.05) is 15.9 Å². The van der Waals surface area contributed by atoms with Crippen LogP contribution in [0.2, 0.25) is 5.02 Å². The molecule has 10 heteroatoms. The predicted octanol–water partition coefficient (Wildman–Crippen LogP) is 5.58. The fourth-order valence-electron chi connectivity index (χ4n) is 2.90. The van der Waals surface area contributed by atoms with Gasteiger partial charge in [-0.25, -0.2) is 8.42 Å². The summed E-state index contributed by atoms with van der Waals surface area (Å²) in [5, 5.41) is 2.92. The quantitative estimate of drug-likeness (QED) is 0.499.